The molecule has 0 aliphatic carbocycles. The van der Waals surface area contributed by atoms with Crippen LogP contribution in [-0.2, 0) is 20.0 Å². The van der Waals surface area contributed by atoms with Gasteiger partial charge in [0.2, 0.25) is 0 Å². The van der Waals surface area contributed by atoms with E-state index in [-0.39, 0.29) is 0 Å². The Bertz CT molecular complexity index is 637. The lowest BCUT2D eigenvalue weighted by Gasteiger charge is -2.32. The molecule has 110 valence electrons. The number of aromatic nitrogens is 2. The number of thiophene rings is 1. The van der Waals surface area contributed by atoms with E-state index in [2.05, 4.69) is 27.6 Å². The van der Waals surface area contributed by atoms with Gasteiger partial charge in [0.1, 0.15) is 11.9 Å². The zero-order valence-electron chi connectivity index (χ0n) is 12.3. The summed E-state index contributed by atoms with van der Waals surface area (Å²) >= 11 is 1.70. The molecule has 3 rings (SSSR count). The van der Waals surface area contributed by atoms with E-state index < -0.39 is 0 Å². The summed E-state index contributed by atoms with van der Waals surface area (Å²) in [6.45, 7) is 3.27. The first-order chi connectivity index (χ1) is 10.2. The quantitative estimate of drug-likeness (QED) is 0.872. The third-order valence-electron chi connectivity index (χ3n) is 4.16. The first kappa shape index (κ1) is 14.3. The Labute approximate surface area is 129 Å². The lowest BCUT2D eigenvalue weighted by atomic mass is 9.94. The molecule has 3 heterocycles. The number of hydrogen-bond acceptors (Lipinski definition) is 4. The average molecular weight is 300 g/mol. The molecule has 2 aromatic heterocycles. The Hall–Kier alpha value is -1.64. The van der Waals surface area contributed by atoms with Crippen LogP contribution in [0, 0.1) is 17.2 Å². The molecule has 0 spiro atoms. The van der Waals surface area contributed by atoms with Gasteiger partial charge in [0.05, 0.1) is 5.56 Å². The molecule has 0 unspecified atom stereocenters. The van der Waals surface area contributed by atoms with Crippen LogP contribution >= 0.6 is 11.3 Å². The largest absolute Gasteiger partial charge is 0.338 e. The molecular weight excluding hydrogens is 280 g/mol. The highest BCUT2D eigenvalue weighted by Gasteiger charge is 2.21. The van der Waals surface area contributed by atoms with Crippen LogP contribution in [0.15, 0.2) is 23.8 Å². The van der Waals surface area contributed by atoms with Crippen LogP contribution in [-0.4, -0.2) is 27.5 Å². The van der Waals surface area contributed by atoms with Gasteiger partial charge in [-0.15, -0.1) is 11.3 Å². The SMILES string of the molecule is Cn1ccnc1C[C@@H]1CCCN(Cc2cc(C#N)cs2)C1. The van der Waals surface area contributed by atoms with Gasteiger partial charge >= 0.3 is 0 Å². The third kappa shape index (κ3) is 3.52. The Morgan fingerprint density at radius 2 is 2.43 bits per heavy atom. The van der Waals surface area contributed by atoms with E-state index in [1.165, 1.54) is 23.5 Å². The summed E-state index contributed by atoms with van der Waals surface area (Å²) in [5.41, 5.74) is 0.788. The molecular formula is C16H20N4S. The second kappa shape index (κ2) is 6.42. The highest BCUT2D eigenvalue weighted by Crippen LogP contribution is 2.23. The first-order valence-electron chi connectivity index (χ1n) is 7.40. The van der Waals surface area contributed by atoms with E-state index >= 15 is 0 Å². The maximum absolute atomic E-state index is 8.90. The van der Waals surface area contributed by atoms with Crippen LogP contribution in [0.1, 0.15) is 29.1 Å². The van der Waals surface area contributed by atoms with Crippen LogP contribution in [0.25, 0.3) is 0 Å². The smallest absolute Gasteiger partial charge is 0.108 e. The number of nitrogens with zero attached hydrogens (tertiary/aromatic N) is 4. The summed E-state index contributed by atoms with van der Waals surface area (Å²) in [5.74, 6) is 1.87. The Morgan fingerprint density at radius 1 is 1.52 bits per heavy atom. The van der Waals surface area contributed by atoms with Crippen molar-refractivity contribution in [3.63, 3.8) is 0 Å². The number of likely N-dealkylation sites (tertiary alicyclic amines) is 1. The van der Waals surface area contributed by atoms with E-state index in [0.29, 0.717) is 5.92 Å². The normalized spacial score (nSPS) is 19.5. The van der Waals surface area contributed by atoms with Gasteiger partial charge in [0.25, 0.3) is 0 Å². The molecule has 0 radical (unpaired) electrons. The van der Waals surface area contributed by atoms with Gasteiger partial charge in [-0.2, -0.15) is 5.26 Å². The molecule has 0 N–H and O–H groups in total. The molecule has 1 fully saturated rings. The molecule has 1 atom stereocenters. The zero-order valence-corrected chi connectivity index (χ0v) is 13.1. The Balaban J connectivity index is 1.58. The van der Waals surface area contributed by atoms with Gasteiger partial charge in [-0.05, 0) is 31.4 Å². The van der Waals surface area contributed by atoms with Crippen LogP contribution in [0.3, 0.4) is 0 Å². The fourth-order valence-corrected chi connectivity index (χ4v) is 3.91. The van der Waals surface area contributed by atoms with Gasteiger partial charge < -0.3 is 4.57 Å². The predicted molar refractivity (Wildman–Crippen MR) is 83.9 cm³/mol. The van der Waals surface area contributed by atoms with Crippen LogP contribution in [0.4, 0.5) is 0 Å². The predicted octanol–water partition coefficient (Wildman–Crippen LogP) is 2.81. The van der Waals surface area contributed by atoms with Gasteiger partial charge in [0, 0.05) is 49.2 Å². The van der Waals surface area contributed by atoms with E-state index in [1.54, 1.807) is 11.3 Å². The van der Waals surface area contributed by atoms with Crippen molar-refractivity contribution in [3.8, 4) is 6.07 Å². The van der Waals surface area contributed by atoms with E-state index in [9.17, 15) is 0 Å². The number of nitriles is 1. The minimum absolute atomic E-state index is 0.690. The number of imidazole rings is 1. The van der Waals surface area contributed by atoms with Crippen molar-refractivity contribution in [3.05, 3.63) is 40.1 Å². The summed E-state index contributed by atoms with van der Waals surface area (Å²) < 4.78 is 2.12. The van der Waals surface area contributed by atoms with E-state index in [1.807, 2.05) is 23.8 Å². The summed E-state index contributed by atoms with van der Waals surface area (Å²) in [7, 11) is 2.07. The number of hydrogen-bond donors (Lipinski definition) is 0. The minimum Gasteiger partial charge on any atom is -0.338 e. The molecule has 2 aromatic rings. The first-order valence-corrected chi connectivity index (χ1v) is 8.28. The van der Waals surface area contributed by atoms with Crippen molar-refractivity contribution in [2.75, 3.05) is 13.1 Å². The topological polar surface area (TPSA) is 44.9 Å². The zero-order chi connectivity index (χ0) is 14.7. The Kier molecular flexibility index (Phi) is 4.37. The third-order valence-corrected chi connectivity index (χ3v) is 5.08. The number of aryl methyl sites for hydroxylation is 1. The van der Waals surface area contributed by atoms with Crippen LogP contribution in [0.5, 0.6) is 0 Å². The van der Waals surface area contributed by atoms with Crippen molar-refractivity contribution < 1.29 is 0 Å². The summed E-state index contributed by atoms with van der Waals surface area (Å²) in [6, 6.07) is 4.23. The molecule has 4 nitrogen and oxygen atoms in total. The maximum Gasteiger partial charge on any atom is 0.108 e. The van der Waals surface area contributed by atoms with Crippen molar-refractivity contribution in [2.24, 2.45) is 13.0 Å². The van der Waals surface area contributed by atoms with Crippen LogP contribution in [0.2, 0.25) is 0 Å². The minimum atomic E-state index is 0.690. The molecule has 1 aliphatic heterocycles. The molecule has 1 aliphatic rings. The fraction of sp³-hybridized carbons (Fsp3) is 0.500. The highest BCUT2D eigenvalue weighted by atomic mass is 32.1. The average Bonchev–Trinajstić information content (AvgIpc) is 3.09. The molecule has 0 saturated carbocycles. The molecule has 0 aromatic carbocycles. The molecule has 1 saturated heterocycles. The van der Waals surface area contributed by atoms with Crippen molar-refractivity contribution in [2.45, 2.75) is 25.8 Å². The van der Waals surface area contributed by atoms with E-state index in [4.69, 9.17) is 5.26 Å². The molecule has 5 heteroatoms. The lowest BCUT2D eigenvalue weighted by molar-refractivity contribution is 0.166. The van der Waals surface area contributed by atoms with Gasteiger partial charge in [-0.3, -0.25) is 4.90 Å². The van der Waals surface area contributed by atoms with Crippen LogP contribution < -0.4 is 0 Å². The van der Waals surface area contributed by atoms with Gasteiger partial charge in [-0.25, -0.2) is 4.98 Å². The molecule has 0 amide bonds. The molecule has 0 bridgehead atoms. The van der Waals surface area contributed by atoms with E-state index in [0.717, 1.165) is 31.6 Å². The Morgan fingerprint density at radius 3 is 3.14 bits per heavy atom. The number of rotatable bonds is 4. The summed E-state index contributed by atoms with van der Waals surface area (Å²) in [6.07, 6.45) is 7.51. The maximum atomic E-state index is 8.90. The van der Waals surface area contributed by atoms with Crippen molar-refractivity contribution in [1.29, 1.82) is 5.26 Å². The second-order valence-electron chi connectivity index (χ2n) is 5.82. The standard InChI is InChI=1S/C16H20N4S/c1-19-6-4-18-16(19)8-13-3-2-5-20(10-13)11-15-7-14(9-17)12-21-15/h4,6-7,12-13H,2-3,5,8,10-11H2,1H3/t13-/m0/s1. The fourth-order valence-electron chi connectivity index (χ4n) is 3.06. The van der Waals surface area contributed by atoms with Gasteiger partial charge in [0.15, 0.2) is 0 Å². The highest BCUT2D eigenvalue weighted by molar-refractivity contribution is 7.10. The summed E-state index contributed by atoms with van der Waals surface area (Å²) in [5, 5.41) is 10.9. The number of piperidine rings is 1. The monoisotopic (exact) mass is 300 g/mol. The van der Waals surface area contributed by atoms with Crippen molar-refractivity contribution >= 4 is 11.3 Å². The lowest BCUT2D eigenvalue weighted by Crippen LogP contribution is -2.35. The van der Waals surface area contributed by atoms with Crippen molar-refractivity contribution in [1.82, 2.24) is 14.5 Å². The molecule has 21 heavy (non-hydrogen) atoms. The van der Waals surface area contributed by atoms with Gasteiger partial charge in [-0.1, -0.05) is 0 Å². The summed E-state index contributed by atoms with van der Waals surface area (Å²) in [4.78, 5) is 8.26. The second-order valence-corrected chi connectivity index (χ2v) is 6.81.